The van der Waals surface area contributed by atoms with Gasteiger partial charge in [-0.15, -0.1) is 0 Å². The van der Waals surface area contributed by atoms with Gasteiger partial charge in [-0.2, -0.15) is 0 Å². The number of hydrogen-bond donors (Lipinski definition) is 2. The molecule has 0 radical (unpaired) electrons. The van der Waals surface area contributed by atoms with Crippen LogP contribution in [0.1, 0.15) is 0 Å². The highest BCUT2D eigenvalue weighted by molar-refractivity contribution is 8.13. The molecule has 0 saturated carbocycles. The van der Waals surface area contributed by atoms with Crippen molar-refractivity contribution in [2.24, 2.45) is 5.73 Å². The van der Waals surface area contributed by atoms with Gasteiger partial charge in [-0.05, 0) is 18.2 Å². The lowest BCUT2D eigenvalue weighted by molar-refractivity contribution is -0.122. The first kappa shape index (κ1) is 15.2. The lowest BCUT2D eigenvalue weighted by atomic mass is 10.3. The lowest BCUT2D eigenvalue weighted by Gasteiger charge is -2.08. The quantitative estimate of drug-likeness (QED) is 0.777. The zero-order chi connectivity index (χ0) is 14.6. The fourth-order valence-corrected chi connectivity index (χ4v) is 2.09. The van der Waals surface area contributed by atoms with Crippen molar-refractivity contribution in [3.8, 4) is 5.75 Å². The number of primary amides is 1. The largest absolute Gasteiger partial charge is 0.482 e. The van der Waals surface area contributed by atoms with Crippen molar-refractivity contribution in [2.45, 2.75) is 4.90 Å². The maximum absolute atomic E-state index is 12.9. The van der Waals surface area contributed by atoms with Crippen LogP contribution in [0, 0.1) is 5.82 Å². The summed E-state index contributed by atoms with van der Waals surface area (Å²) < 4.78 is 40.1. The Morgan fingerprint density at radius 2 is 2.05 bits per heavy atom. The number of carbonyl (C=O) groups excluding carboxylic acids is 2. The van der Waals surface area contributed by atoms with E-state index in [1.54, 1.807) is 5.32 Å². The van der Waals surface area contributed by atoms with Gasteiger partial charge < -0.3 is 10.5 Å². The molecule has 104 valence electrons. The zero-order valence-corrected chi connectivity index (χ0v) is 10.8. The van der Waals surface area contributed by atoms with Crippen molar-refractivity contribution >= 4 is 31.7 Å². The van der Waals surface area contributed by atoms with Crippen molar-refractivity contribution in [1.29, 1.82) is 0 Å². The van der Waals surface area contributed by atoms with Crippen LogP contribution in [0.15, 0.2) is 23.1 Å². The Bertz CT molecular complexity index is 619. The van der Waals surface area contributed by atoms with E-state index in [-0.39, 0.29) is 5.75 Å². The minimum Gasteiger partial charge on any atom is -0.482 e. The van der Waals surface area contributed by atoms with E-state index in [0.29, 0.717) is 6.07 Å². The number of rotatable bonds is 4. The predicted octanol–water partition coefficient (Wildman–Crippen LogP) is 0.327. The van der Waals surface area contributed by atoms with E-state index in [0.717, 1.165) is 12.1 Å². The standard InChI is InChI=1S/C9H8ClFN2O5S/c10-19(16,17)7-3-5(11)1-2-6(7)18-4-8(14)13-9(12)15/h1-3H,4H2,(H3,12,13,14,15). The van der Waals surface area contributed by atoms with Crippen molar-refractivity contribution < 1.29 is 27.1 Å². The molecule has 1 rings (SSSR count). The molecule has 1 aromatic carbocycles. The third-order valence-electron chi connectivity index (χ3n) is 1.79. The molecule has 7 nitrogen and oxygen atoms in total. The van der Waals surface area contributed by atoms with Crippen LogP contribution in [0.4, 0.5) is 9.18 Å². The Labute approximate surface area is 111 Å². The zero-order valence-electron chi connectivity index (χ0n) is 9.22. The van der Waals surface area contributed by atoms with Gasteiger partial charge in [0, 0.05) is 10.7 Å². The Kier molecular flexibility index (Phi) is 4.67. The van der Waals surface area contributed by atoms with Gasteiger partial charge in [0.05, 0.1) is 0 Å². The highest BCUT2D eigenvalue weighted by atomic mass is 35.7. The molecular formula is C9H8ClFN2O5S. The van der Waals surface area contributed by atoms with Gasteiger partial charge in [-0.25, -0.2) is 17.6 Å². The highest BCUT2D eigenvalue weighted by Crippen LogP contribution is 2.27. The van der Waals surface area contributed by atoms with Crippen LogP contribution in [0.5, 0.6) is 5.75 Å². The SMILES string of the molecule is NC(=O)NC(=O)COc1ccc(F)cc1S(=O)(=O)Cl. The van der Waals surface area contributed by atoms with Gasteiger partial charge in [-0.3, -0.25) is 10.1 Å². The van der Waals surface area contributed by atoms with Gasteiger partial charge in [0.15, 0.2) is 6.61 Å². The van der Waals surface area contributed by atoms with Gasteiger partial charge >= 0.3 is 6.03 Å². The van der Waals surface area contributed by atoms with E-state index in [1.165, 1.54) is 0 Å². The number of amides is 3. The first-order valence-electron chi connectivity index (χ1n) is 4.66. The maximum Gasteiger partial charge on any atom is 0.318 e. The summed E-state index contributed by atoms with van der Waals surface area (Å²) in [7, 11) is 0.843. The minimum atomic E-state index is -4.24. The van der Waals surface area contributed by atoms with Gasteiger partial charge in [0.1, 0.15) is 16.5 Å². The summed E-state index contributed by atoms with van der Waals surface area (Å²) in [5.74, 6) is -2.06. The minimum absolute atomic E-state index is 0.323. The molecule has 3 amide bonds. The van der Waals surface area contributed by atoms with Crippen LogP contribution in [-0.2, 0) is 13.8 Å². The third kappa shape index (κ3) is 4.72. The second-order valence-corrected chi connectivity index (χ2v) is 5.76. The Balaban J connectivity index is 2.90. The van der Waals surface area contributed by atoms with Crippen molar-refractivity contribution in [3.05, 3.63) is 24.0 Å². The first-order valence-corrected chi connectivity index (χ1v) is 6.97. The molecule has 10 heteroatoms. The summed E-state index contributed by atoms with van der Waals surface area (Å²) in [6.07, 6.45) is 0. The van der Waals surface area contributed by atoms with Crippen molar-refractivity contribution in [2.75, 3.05) is 6.61 Å². The second-order valence-electron chi connectivity index (χ2n) is 3.23. The Morgan fingerprint density at radius 1 is 1.42 bits per heavy atom. The molecule has 0 heterocycles. The molecule has 0 spiro atoms. The number of benzene rings is 1. The summed E-state index contributed by atoms with van der Waals surface area (Å²) in [6.45, 7) is -0.687. The van der Waals surface area contributed by atoms with Crippen LogP contribution >= 0.6 is 10.7 Å². The smallest absolute Gasteiger partial charge is 0.318 e. The van der Waals surface area contributed by atoms with E-state index in [4.69, 9.17) is 15.4 Å². The number of nitrogens with one attached hydrogen (secondary N) is 1. The number of hydrogen-bond acceptors (Lipinski definition) is 5. The Morgan fingerprint density at radius 3 is 2.58 bits per heavy atom. The molecular weight excluding hydrogens is 303 g/mol. The van der Waals surface area contributed by atoms with E-state index in [1.807, 2.05) is 0 Å². The van der Waals surface area contributed by atoms with E-state index in [9.17, 15) is 22.4 Å². The molecule has 0 fully saturated rings. The van der Waals surface area contributed by atoms with Crippen LogP contribution < -0.4 is 15.8 Å². The lowest BCUT2D eigenvalue weighted by Crippen LogP contribution is -2.38. The van der Waals surface area contributed by atoms with E-state index in [2.05, 4.69) is 5.73 Å². The second kappa shape index (κ2) is 5.85. The molecule has 0 saturated heterocycles. The topological polar surface area (TPSA) is 116 Å². The number of imide groups is 1. The molecule has 0 aliphatic carbocycles. The first-order chi connectivity index (χ1) is 8.70. The molecule has 0 unspecified atom stereocenters. The number of ether oxygens (including phenoxy) is 1. The van der Waals surface area contributed by atoms with E-state index >= 15 is 0 Å². The molecule has 1 aromatic rings. The van der Waals surface area contributed by atoms with Crippen LogP contribution in [0.3, 0.4) is 0 Å². The average Bonchev–Trinajstić information content (AvgIpc) is 2.25. The summed E-state index contributed by atoms with van der Waals surface area (Å²) in [5.41, 5.74) is 4.69. The summed E-state index contributed by atoms with van der Waals surface area (Å²) >= 11 is 0. The van der Waals surface area contributed by atoms with Gasteiger partial charge in [-0.1, -0.05) is 0 Å². The summed E-state index contributed by atoms with van der Waals surface area (Å²) in [4.78, 5) is 20.8. The van der Waals surface area contributed by atoms with Crippen LogP contribution in [-0.4, -0.2) is 27.0 Å². The van der Waals surface area contributed by atoms with Gasteiger partial charge in [0.2, 0.25) is 0 Å². The van der Waals surface area contributed by atoms with Crippen molar-refractivity contribution in [1.82, 2.24) is 5.32 Å². The summed E-state index contributed by atoms with van der Waals surface area (Å²) in [5, 5.41) is 1.70. The number of nitrogens with two attached hydrogens (primary N) is 1. The van der Waals surface area contributed by atoms with Crippen LogP contribution in [0.25, 0.3) is 0 Å². The summed E-state index contributed by atoms with van der Waals surface area (Å²) in [6, 6.07) is 1.47. The Hall–Kier alpha value is -1.87. The van der Waals surface area contributed by atoms with Crippen LogP contribution in [0.2, 0.25) is 0 Å². The third-order valence-corrected chi connectivity index (χ3v) is 3.13. The molecule has 0 atom stereocenters. The maximum atomic E-state index is 12.9. The molecule has 0 aliphatic rings. The van der Waals surface area contributed by atoms with E-state index < -0.39 is 38.3 Å². The van der Waals surface area contributed by atoms with Crippen molar-refractivity contribution in [3.63, 3.8) is 0 Å². The molecule has 0 aromatic heterocycles. The highest BCUT2D eigenvalue weighted by Gasteiger charge is 2.19. The normalized spacial score (nSPS) is 10.8. The predicted molar refractivity (Wildman–Crippen MR) is 62.7 cm³/mol. The molecule has 3 N–H and O–H groups in total. The fourth-order valence-electron chi connectivity index (χ4n) is 1.11. The molecule has 0 aliphatic heterocycles. The molecule has 0 bridgehead atoms. The number of carbonyl (C=O) groups is 2. The fraction of sp³-hybridized carbons (Fsp3) is 0.111. The van der Waals surface area contributed by atoms with Gasteiger partial charge in [0.25, 0.3) is 15.0 Å². The monoisotopic (exact) mass is 310 g/mol. The average molecular weight is 311 g/mol. The number of urea groups is 1. The number of halogens is 2. The molecule has 19 heavy (non-hydrogen) atoms.